The number of nitriles is 1. The quantitative estimate of drug-likeness (QED) is 0.827. The SMILES string of the molecule is N#CC1(Cc2cccc(Cl)c2)CCS(=O)(=O)C1. The van der Waals surface area contributed by atoms with Crippen LogP contribution in [0.5, 0.6) is 0 Å². The van der Waals surface area contributed by atoms with Crippen LogP contribution < -0.4 is 0 Å². The molecule has 0 aliphatic carbocycles. The summed E-state index contributed by atoms with van der Waals surface area (Å²) >= 11 is 5.87. The number of sulfone groups is 1. The lowest BCUT2D eigenvalue weighted by Gasteiger charge is -2.18. The lowest BCUT2D eigenvalue weighted by Crippen LogP contribution is -2.23. The highest BCUT2D eigenvalue weighted by molar-refractivity contribution is 7.91. The van der Waals surface area contributed by atoms with Gasteiger partial charge in [0, 0.05) is 5.02 Å². The van der Waals surface area contributed by atoms with Crippen molar-refractivity contribution < 1.29 is 8.42 Å². The number of nitrogens with zero attached hydrogens (tertiary/aromatic N) is 1. The summed E-state index contributed by atoms with van der Waals surface area (Å²) in [7, 11) is -3.05. The zero-order valence-electron chi connectivity index (χ0n) is 9.19. The van der Waals surface area contributed by atoms with Crippen molar-refractivity contribution in [3.05, 3.63) is 34.9 Å². The van der Waals surface area contributed by atoms with E-state index < -0.39 is 15.3 Å². The summed E-state index contributed by atoms with van der Waals surface area (Å²) in [5.41, 5.74) is 0.139. The highest BCUT2D eigenvalue weighted by Gasteiger charge is 2.42. The Morgan fingerprint density at radius 3 is 2.76 bits per heavy atom. The van der Waals surface area contributed by atoms with Crippen LogP contribution in [0.4, 0.5) is 0 Å². The summed E-state index contributed by atoms with van der Waals surface area (Å²) in [6.45, 7) is 0. The van der Waals surface area contributed by atoms with E-state index in [4.69, 9.17) is 11.6 Å². The fourth-order valence-electron chi connectivity index (χ4n) is 2.22. The van der Waals surface area contributed by atoms with Crippen molar-refractivity contribution in [1.29, 1.82) is 5.26 Å². The van der Waals surface area contributed by atoms with Gasteiger partial charge in [0.25, 0.3) is 0 Å². The molecule has 1 aromatic carbocycles. The van der Waals surface area contributed by atoms with Crippen LogP contribution in [0, 0.1) is 16.7 Å². The average molecular weight is 270 g/mol. The zero-order valence-corrected chi connectivity index (χ0v) is 10.8. The van der Waals surface area contributed by atoms with E-state index in [0.717, 1.165) is 5.56 Å². The standard InChI is InChI=1S/C12H12ClNO2S/c13-11-3-1-2-10(6-11)7-12(8-14)4-5-17(15,16)9-12/h1-3,6H,4-5,7,9H2. The Balaban J connectivity index is 2.26. The van der Waals surface area contributed by atoms with Crippen LogP contribution >= 0.6 is 11.6 Å². The van der Waals surface area contributed by atoms with Gasteiger partial charge in [-0.05, 0) is 30.5 Å². The Bertz CT molecular complexity index is 576. The van der Waals surface area contributed by atoms with Crippen molar-refractivity contribution in [2.24, 2.45) is 5.41 Å². The molecule has 0 radical (unpaired) electrons. The molecule has 0 bridgehead atoms. The van der Waals surface area contributed by atoms with Gasteiger partial charge in [-0.1, -0.05) is 23.7 Å². The first-order valence-corrected chi connectivity index (χ1v) is 7.51. The van der Waals surface area contributed by atoms with Crippen molar-refractivity contribution in [2.45, 2.75) is 12.8 Å². The summed E-state index contributed by atoms with van der Waals surface area (Å²) in [5.74, 6) is 0.0736. The van der Waals surface area contributed by atoms with Crippen LogP contribution in [0.2, 0.25) is 5.02 Å². The number of halogens is 1. The molecule has 1 aromatic rings. The van der Waals surface area contributed by atoms with Crippen molar-refractivity contribution in [3.8, 4) is 6.07 Å². The topological polar surface area (TPSA) is 57.9 Å². The first-order chi connectivity index (χ1) is 7.95. The van der Waals surface area contributed by atoms with E-state index in [9.17, 15) is 13.7 Å². The maximum absolute atomic E-state index is 11.5. The second-order valence-corrected chi connectivity index (χ2v) is 7.16. The highest BCUT2D eigenvalue weighted by Crippen LogP contribution is 2.35. The molecule has 1 saturated heterocycles. The van der Waals surface area contributed by atoms with Gasteiger partial charge >= 0.3 is 0 Å². The largest absolute Gasteiger partial charge is 0.229 e. The monoisotopic (exact) mass is 269 g/mol. The Labute approximate surface area is 106 Å². The van der Waals surface area contributed by atoms with Crippen LogP contribution in [0.1, 0.15) is 12.0 Å². The molecule has 0 spiro atoms. The van der Waals surface area contributed by atoms with Crippen LogP contribution in [-0.4, -0.2) is 19.9 Å². The molecule has 1 aliphatic heterocycles. The van der Waals surface area contributed by atoms with E-state index in [0.29, 0.717) is 17.9 Å². The van der Waals surface area contributed by atoms with E-state index in [-0.39, 0.29) is 11.5 Å². The third-order valence-corrected chi connectivity index (χ3v) is 5.11. The molecule has 3 nitrogen and oxygen atoms in total. The normalized spacial score (nSPS) is 26.6. The maximum atomic E-state index is 11.5. The van der Waals surface area contributed by atoms with Gasteiger partial charge in [0.05, 0.1) is 23.0 Å². The summed E-state index contributed by atoms with van der Waals surface area (Å²) in [5, 5.41) is 9.84. The highest BCUT2D eigenvalue weighted by atomic mass is 35.5. The van der Waals surface area contributed by atoms with Gasteiger partial charge in [-0.2, -0.15) is 5.26 Å². The maximum Gasteiger partial charge on any atom is 0.151 e. The predicted octanol–water partition coefficient (Wildman–Crippen LogP) is 2.21. The lowest BCUT2D eigenvalue weighted by atomic mass is 9.83. The van der Waals surface area contributed by atoms with Crippen LogP contribution in [-0.2, 0) is 16.3 Å². The van der Waals surface area contributed by atoms with E-state index in [1.54, 1.807) is 12.1 Å². The molecule has 0 saturated carbocycles. The molecular formula is C12H12ClNO2S. The molecule has 1 atom stereocenters. The molecule has 0 amide bonds. The fourth-order valence-corrected chi connectivity index (χ4v) is 4.43. The summed E-state index contributed by atoms with van der Waals surface area (Å²) in [6, 6.07) is 9.40. The molecule has 0 N–H and O–H groups in total. The minimum Gasteiger partial charge on any atom is -0.229 e. The fraction of sp³-hybridized carbons (Fsp3) is 0.417. The summed E-state index contributed by atoms with van der Waals surface area (Å²) in [4.78, 5) is 0. The zero-order chi connectivity index (χ0) is 12.5. The third-order valence-electron chi connectivity index (χ3n) is 3.06. The minimum atomic E-state index is -3.05. The summed E-state index contributed by atoms with van der Waals surface area (Å²) in [6.07, 6.45) is 0.863. The molecule has 17 heavy (non-hydrogen) atoms. The van der Waals surface area contributed by atoms with E-state index in [2.05, 4.69) is 6.07 Å². The predicted molar refractivity (Wildman–Crippen MR) is 66.5 cm³/mol. The lowest BCUT2D eigenvalue weighted by molar-refractivity contribution is 0.451. The van der Waals surface area contributed by atoms with Crippen molar-refractivity contribution in [3.63, 3.8) is 0 Å². The van der Waals surface area contributed by atoms with Crippen molar-refractivity contribution in [2.75, 3.05) is 11.5 Å². The van der Waals surface area contributed by atoms with Gasteiger partial charge in [0.15, 0.2) is 9.84 Å². The van der Waals surface area contributed by atoms with Crippen LogP contribution in [0.25, 0.3) is 0 Å². The van der Waals surface area contributed by atoms with Gasteiger partial charge in [0.1, 0.15) is 0 Å². The summed E-state index contributed by atoms with van der Waals surface area (Å²) < 4.78 is 23.0. The first kappa shape index (κ1) is 12.4. The third kappa shape index (κ3) is 2.80. The number of benzene rings is 1. The van der Waals surface area contributed by atoms with Gasteiger partial charge in [-0.25, -0.2) is 8.42 Å². The minimum absolute atomic E-state index is 0.0387. The number of rotatable bonds is 2. The second-order valence-electron chi connectivity index (χ2n) is 4.54. The number of hydrogen-bond acceptors (Lipinski definition) is 3. The molecule has 1 heterocycles. The van der Waals surface area contributed by atoms with Crippen molar-refractivity contribution in [1.82, 2.24) is 0 Å². The average Bonchev–Trinajstić information content (AvgIpc) is 2.55. The Kier molecular flexibility index (Phi) is 3.15. The van der Waals surface area contributed by atoms with Crippen LogP contribution in [0.3, 0.4) is 0 Å². The molecule has 1 fully saturated rings. The number of hydrogen-bond donors (Lipinski definition) is 0. The smallest absolute Gasteiger partial charge is 0.151 e. The Morgan fingerprint density at radius 2 is 2.24 bits per heavy atom. The molecule has 5 heteroatoms. The Morgan fingerprint density at radius 1 is 1.47 bits per heavy atom. The Hall–Kier alpha value is -1.05. The molecule has 1 aliphatic rings. The van der Waals surface area contributed by atoms with Crippen molar-refractivity contribution >= 4 is 21.4 Å². The van der Waals surface area contributed by atoms with Gasteiger partial charge in [-0.15, -0.1) is 0 Å². The van der Waals surface area contributed by atoms with E-state index in [1.165, 1.54) is 0 Å². The molecular weight excluding hydrogens is 258 g/mol. The van der Waals surface area contributed by atoms with Gasteiger partial charge in [-0.3, -0.25) is 0 Å². The molecule has 2 rings (SSSR count). The molecule has 0 aromatic heterocycles. The second kappa shape index (κ2) is 4.32. The first-order valence-electron chi connectivity index (χ1n) is 5.31. The van der Waals surface area contributed by atoms with E-state index >= 15 is 0 Å². The van der Waals surface area contributed by atoms with Crippen LogP contribution in [0.15, 0.2) is 24.3 Å². The van der Waals surface area contributed by atoms with E-state index in [1.807, 2.05) is 12.1 Å². The molecule has 90 valence electrons. The van der Waals surface area contributed by atoms with Gasteiger partial charge < -0.3 is 0 Å². The van der Waals surface area contributed by atoms with Gasteiger partial charge in [0.2, 0.25) is 0 Å². The molecule has 1 unspecified atom stereocenters.